The summed E-state index contributed by atoms with van der Waals surface area (Å²) in [5, 5.41) is 6.37. The van der Waals surface area contributed by atoms with E-state index in [1.807, 2.05) is 17.5 Å². The van der Waals surface area contributed by atoms with Gasteiger partial charge >= 0.3 is 11.9 Å². The van der Waals surface area contributed by atoms with Gasteiger partial charge in [-0.05, 0) is 36.6 Å². The SMILES string of the molecule is CCOC(=O)c1c(-c2cccs2)csc1NC(=O)COC(=O)c1ccc(F)cc1Cl. The molecule has 6 nitrogen and oxygen atoms in total. The fraction of sp³-hybridized carbons (Fsp3) is 0.150. The van der Waals surface area contributed by atoms with Crippen LogP contribution in [-0.2, 0) is 14.3 Å². The largest absolute Gasteiger partial charge is 0.462 e. The minimum atomic E-state index is -0.869. The molecule has 30 heavy (non-hydrogen) atoms. The van der Waals surface area contributed by atoms with Crippen LogP contribution in [0.5, 0.6) is 0 Å². The summed E-state index contributed by atoms with van der Waals surface area (Å²) in [6.45, 7) is 1.26. The number of halogens is 2. The first-order valence-electron chi connectivity index (χ1n) is 8.65. The Morgan fingerprint density at radius 3 is 2.60 bits per heavy atom. The summed E-state index contributed by atoms with van der Waals surface area (Å²) in [7, 11) is 0. The van der Waals surface area contributed by atoms with Gasteiger partial charge in [0.25, 0.3) is 5.91 Å². The molecule has 3 aromatic rings. The van der Waals surface area contributed by atoms with Crippen molar-refractivity contribution < 1.29 is 28.2 Å². The molecule has 0 saturated carbocycles. The number of nitrogens with one attached hydrogen (secondary N) is 1. The maximum absolute atomic E-state index is 13.1. The Morgan fingerprint density at radius 1 is 1.13 bits per heavy atom. The smallest absolute Gasteiger partial charge is 0.341 e. The van der Waals surface area contributed by atoms with Crippen LogP contribution in [0.1, 0.15) is 27.6 Å². The van der Waals surface area contributed by atoms with E-state index < -0.39 is 30.3 Å². The van der Waals surface area contributed by atoms with Crippen LogP contribution in [0.25, 0.3) is 10.4 Å². The van der Waals surface area contributed by atoms with Gasteiger partial charge < -0.3 is 14.8 Å². The van der Waals surface area contributed by atoms with Crippen LogP contribution >= 0.6 is 34.3 Å². The summed E-state index contributed by atoms with van der Waals surface area (Å²) >= 11 is 8.43. The molecule has 0 saturated heterocycles. The first-order chi connectivity index (χ1) is 14.4. The molecule has 156 valence electrons. The molecule has 2 heterocycles. The van der Waals surface area contributed by atoms with Gasteiger partial charge in [-0.15, -0.1) is 22.7 Å². The van der Waals surface area contributed by atoms with E-state index in [2.05, 4.69) is 5.32 Å². The average Bonchev–Trinajstić information content (AvgIpc) is 3.36. The summed E-state index contributed by atoms with van der Waals surface area (Å²) in [5.74, 6) is -2.68. The second-order valence-corrected chi connectivity index (χ2v) is 8.03. The van der Waals surface area contributed by atoms with Gasteiger partial charge in [-0.2, -0.15) is 0 Å². The van der Waals surface area contributed by atoms with Crippen LogP contribution in [0.15, 0.2) is 41.1 Å². The molecule has 0 aliphatic heterocycles. The predicted octanol–water partition coefficient (Wildman–Crippen LogP) is 5.24. The van der Waals surface area contributed by atoms with Crippen LogP contribution in [0, 0.1) is 5.82 Å². The van der Waals surface area contributed by atoms with Crippen LogP contribution in [0.3, 0.4) is 0 Å². The summed E-state index contributed by atoms with van der Waals surface area (Å²) in [6.07, 6.45) is 0. The third kappa shape index (κ3) is 5.05. The van der Waals surface area contributed by atoms with Gasteiger partial charge in [-0.1, -0.05) is 17.7 Å². The first kappa shape index (κ1) is 21.9. The fourth-order valence-corrected chi connectivity index (χ4v) is 4.53. The van der Waals surface area contributed by atoms with Gasteiger partial charge in [0.05, 0.1) is 17.2 Å². The van der Waals surface area contributed by atoms with Gasteiger partial charge in [0.2, 0.25) is 0 Å². The summed E-state index contributed by atoms with van der Waals surface area (Å²) in [6, 6.07) is 6.91. The molecular weight excluding hydrogens is 453 g/mol. The number of benzene rings is 1. The molecule has 0 bridgehead atoms. The van der Waals surface area contributed by atoms with Gasteiger partial charge in [-0.25, -0.2) is 14.0 Å². The molecule has 3 rings (SSSR count). The lowest BCUT2D eigenvalue weighted by molar-refractivity contribution is -0.119. The van der Waals surface area contributed by atoms with Gasteiger partial charge in [0, 0.05) is 15.8 Å². The lowest BCUT2D eigenvalue weighted by Crippen LogP contribution is -2.22. The van der Waals surface area contributed by atoms with Gasteiger partial charge in [0.15, 0.2) is 6.61 Å². The molecule has 0 atom stereocenters. The number of amides is 1. The summed E-state index contributed by atoms with van der Waals surface area (Å²) in [4.78, 5) is 37.7. The van der Waals surface area contributed by atoms with E-state index in [4.69, 9.17) is 21.1 Å². The number of ether oxygens (including phenoxy) is 2. The van der Waals surface area contributed by atoms with E-state index in [0.29, 0.717) is 5.56 Å². The van der Waals surface area contributed by atoms with Crippen LogP contribution < -0.4 is 5.32 Å². The number of rotatable bonds is 7. The highest BCUT2D eigenvalue weighted by atomic mass is 35.5. The molecule has 0 spiro atoms. The molecule has 0 aliphatic carbocycles. The van der Waals surface area contributed by atoms with Crippen molar-refractivity contribution in [2.75, 3.05) is 18.5 Å². The highest BCUT2D eigenvalue weighted by Gasteiger charge is 2.24. The molecule has 0 radical (unpaired) electrons. The highest BCUT2D eigenvalue weighted by molar-refractivity contribution is 7.17. The highest BCUT2D eigenvalue weighted by Crippen LogP contribution is 2.38. The molecule has 0 aliphatic rings. The maximum Gasteiger partial charge on any atom is 0.341 e. The number of hydrogen-bond donors (Lipinski definition) is 1. The summed E-state index contributed by atoms with van der Waals surface area (Å²) < 4.78 is 23.2. The second-order valence-electron chi connectivity index (χ2n) is 5.80. The zero-order valence-corrected chi connectivity index (χ0v) is 18.0. The Balaban J connectivity index is 1.72. The molecule has 1 N–H and O–H groups in total. The molecule has 1 aromatic carbocycles. The van der Waals surface area contributed by atoms with Crippen molar-refractivity contribution in [1.82, 2.24) is 0 Å². The number of carbonyl (C=O) groups is 3. The van der Waals surface area contributed by atoms with E-state index >= 15 is 0 Å². The normalized spacial score (nSPS) is 10.5. The molecular formula is C20H15ClFNO5S2. The number of carbonyl (C=O) groups excluding carboxylic acids is 3. The standard InChI is InChI=1S/C20H15ClFNO5S2/c1-2-27-20(26)17-13(15-4-3-7-29-15)10-30-18(17)23-16(24)9-28-19(25)12-6-5-11(22)8-14(12)21/h3-8,10H,2,9H2,1H3,(H,23,24). The van der Waals surface area contributed by atoms with Crippen LogP contribution in [0.4, 0.5) is 9.39 Å². The second kappa shape index (κ2) is 9.84. The quantitative estimate of drug-likeness (QED) is 0.480. The average molecular weight is 468 g/mol. The van der Waals surface area contributed by atoms with Gasteiger partial charge in [0.1, 0.15) is 16.4 Å². The summed E-state index contributed by atoms with van der Waals surface area (Å²) in [5.41, 5.74) is 0.832. The molecule has 0 fully saturated rings. The van der Waals surface area contributed by atoms with E-state index in [0.717, 1.165) is 28.3 Å². The van der Waals surface area contributed by atoms with Crippen molar-refractivity contribution in [3.8, 4) is 10.4 Å². The number of anilines is 1. The molecule has 10 heteroatoms. The Kier molecular flexibility index (Phi) is 7.20. The van der Waals surface area contributed by atoms with Crippen molar-refractivity contribution in [2.24, 2.45) is 0 Å². The van der Waals surface area contributed by atoms with Crippen molar-refractivity contribution in [1.29, 1.82) is 0 Å². The van der Waals surface area contributed by atoms with Crippen molar-refractivity contribution in [3.05, 3.63) is 63.1 Å². The third-order valence-corrected chi connectivity index (χ3v) is 5.91. The van der Waals surface area contributed by atoms with E-state index in [1.165, 1.54) is 17.4 Å². The Hall–Kier alpha value is -2.75. The van der Waals surface area contributed by atoms with Crippen LogP contribution in [0.2, 0.25) is 5.02 Å². The van der Waals surface area contributed by atoms with Crippen molar-refractivity contribution in [3.63, 3.8) is 0 Å². The minimum absolute atomic E-state index is 0.0609. The molecule has 2 aromatic heterocycles. The van der Waals surface area contributed by atoms with E-state index in [1.54, 1.807) is 12.3 Å². The number of esters is 2. The predicted molar refractivity (Wildman–Crippen MR) is 114 cm³/mol. The lowest BCUT2D eigenvalue weighted by Gasteiger charge is -2.09. The Bertz CT molecular complexity index is 1080. The first-order valence-corrected chi connectivity index (χ1v) is 10.8. The van der Waals surface area contributed by atoms with E-state index in [-0.39, 0.29) is 27.8 Å². The maximum atomic E-state index is 13.1. The molecule has 1 amide bonds. The zero-order chi connectivity index (χ0) is 21.7. The topological polar surface area (TPSA) is 81.7 Å². The van der Waals surface area contributed by atoms with Crippen LogP contribution in [-0.4, -0.2) is 31.1 Å². The Morgan fingerprint density at radius 2 is 1.93 bits per heavy atom. The monoisotopic (exact) mass is 467 g/mol. The van der Waals surface area contributed by atoms with E-state index in [9.17, 15) is 18.8 Å². The number of thiophene rings is 2. The third-order valence-electron chi connectivity index (χ3n) is 3.80. The minimum Gasteiger partial charge on any atom is -0.462 e. The Labute approximate surface area is 184 Å². The zero-order valence-electron chi connectivity index (χ0n) is 15.6. The van der Waals surface area contributed by atoms with Crippen molar-refractivity contribution >= 4 is 57.1 Å². The van der Waals surface area contributed by atoms with Gasteiger partial charge in [-0.3, -0.25) is 4.79 Å². The fourth-order valence-electron chi connectivity index (χ4n) is 2.50. The van der Waals surface area contributed by atoms with Crippen molar-refractivity contribution in [2.45, 2.75) is 6.92 Å². The number of hydrogen-bond acceptors (Lipinski definition) is 7. The molecule has 0 unspecified atom stereocenters. The lowest BCUT2D eigenvalue weighted by atomic mass is 10.1.